The molecule has 138 valence electrons. The third-order valence-corrected chi connectivity index (χ3v) is 6.16. The lowest BCUT2D eigenvalue weighted by atomic mass is 9.82. The van der Waals surface area contributed by atoms with E-state index in [0.717, 1.165) is 21.8 Å². The van der Waals surface area contributed by atoms with E-state index < -0.39 is 5.78 Å². The Balaban J connectivity index is 1.74. The van der Waals surface area contributed by atoms with Gasteiger partial charge in [-0.15, -0.1) is 11.3 Å². The fourth-order valence-corrected chi connectivity index (χ4v) is 4.99. The van der Waals surface area contributed by atoms with E-state index in [0.29, 0.717) is 28.1 Å². The number of phenolic OH excluding ortho intramolecular Hbond substituents is 3. The first kappa shape index (κ1) is 16.8. The fourth-order valence-electron chi connectivity index (χ4n) is 3.91. The summed E-state index contributed by atoms with van der Waals surface area (Å²) in [6.07, 6.45) is 0.340. The van der Waals surface area contributed by atoms with Crippen molar-refractivity contribution in [2.24, 2.45) is 0 Å². The summed E-state index contributed by atoms with van der Waals surface area (Å²) in [5.41, 5.74) is 3.71. The zero-order valence-corrected chi connectivity index (χ0v) is 15.7. The van der Waals surface area contributed by atoms with Crippen LogP contribution in [-0.4, -0.2) is 26.1 Å². The first-order chi connectivity index (χ1) is 13.4. The van der Waals surface area contributed by atoms with Gasteiger partial charge < -0.3 is 15.3 Å². The van der Waals surface area contributed by atoms with Crippen LogP contribution in [0, 0.1) is 6.92 Å². The highest BCUT2D eigenvalue weighted by molar-refractivity contribution is 7.21. The molecule has 0 unspecified atom stereocenters. The molecule has 0 amide bonds. The van der Waals surface area contributed by atoms with Gasteiger partial charge in [0.15, 0.2) is 0 Å². The molecule has 1 aromatic heterocycles. The Bertz CT molecular complexity index is 1270. The molecule has 5 rings (SSSR count). The van der Waals surface area contributed by atoms with Crippen LogP contribution in [0.25, 0.3) is 20.8 Å². The molecule has 0 fully saturated rings. The normalized spacial score (nSPS) is 12.8. The quantitative estimate of drug-likeness (QED) is 0.392. The minimum Gasteiger partial charge on any atom is -0.508 e. The Labute approximate surface area is 164 Å². The van der Waals surface area contributed by atoms with Crippen LogP contribution in [-0.2, 0) is 6.42 Å². The second-order valence-electron chi connectivity index (χ2n) is 6.94. The lowest BCUT2D eigenvalue weighted by molar-refractivity contribution is 0.103. The van der Waals surface area contributed by atoms with Crippen LogP contribution in [0.2, 0.25) is 0 Å². The van der Waals surface area contributed by atoms with E-state index in [2.05, 4.69) is 4.98 Å². The van der Waals surface area contributed by atoms with Crippen LogP contribution in [0.1, 0.15) is 32.6 Å². The lowest BCUT2D eigenvalue weighted by Gasteiger charge is -2.22. The van der Waals surface area contributed by atoms with Gasteiger partial charge in [-0.1, -0.05) is 18.2 Å². The summed E-state index contributed by atoms with van der Waals surface area (Å²) in [4.78, 5) is 17.7. The average molecular weight is 389 g/mol. The molecule has 28 heavy (non-hydrogen) atoms. The molecule has 0 radical (unpaired) electrons. The predicted octanol–water partition coefficient (Wildman–Crippen LogP) is 4.52. The number of aromatic hydroxyl groups is 3. The summed E-state index contributed by atoms with van der Waals surface area (Å²) < 4.78 is 0.999. The molecule has 1 aliphatic carbocycles. The molecule has 0 spiro atoms. The standard InChI is InChI=1S/C22H15NO4S/c1-10-6-11-7-12-8-13(24)9-15(25)18(12)21(27)19(11)20(26)17(10)22-23-14-4-2-3-5-16(14)28-22/h2-6,8-9,24-26H,7H2,1H3. The molecule has 0 saturated carbocycles. The molecule has 5 nitrogen and oxygen atoms in total. The minimum atomic E-state index is -0.450. The molecule has 3 aromatic carbocycles. The van der Waals surface area contributed by atoms with Gasteiger partial charge in [0.2, 0.25) is 5.78 Å². The minimum absolute atomic E-state index is 0.0976. The Morgan fingerprint density at radius 2 is 1.71 bits per heavy atom. The molecule has 1 heterocycles. The van der Waals surface area contributed by atoms with Gasteiger partial charge in [0.05, 0.1) is 26.9 Å². The molecular formula is C22H15NO4S. The number of para-hydroxylation sites is 1. The van der Waals surface area contributed by atoms with E-state index in [-0.39, 0.29) is 28.4 Å². The van der Waals surface area contributed by atoms with Crippen LogP contribution in [0.15, 0.2) is 42.5 Å². The highest BCUT2D eigenvalue weighted by Crippen LogP contribution is 2.45. The van der Waals surface area contributed by atoms with E-state index in [9.17, 15) is 20.1 Å². The van der Waals surface area contributed by atoms with Gasteiger partial charge in [-0.3, -0.25) is 4.79 Å². The van der Waals surface area contributed by atoms with E-state index in [1.54, 1.807) is 0 Å². The highest BCUT2D eigenvalue weighted by atomic mass is 32.1. The zero-order chi connectivity index (χ0) is 19.6. The van der Waals surface area contributed by atoms with Crippen molar-refractivity contribution < 1.29 is 20.1 Å². The van der Waals surface area contributed by atoms with Crippen LogP contribution >= 0.6 is 11.3 Å². The Morgan fingerprint density at radius 1 is 0.964 bits per heavy atom. The smallest absolute Gasteiger partial charge is 0.201 e. The van der Waals surface area contributed by atoms with E-state index in [1.165, 1.54) is 17.4 Å². The lowest BCUT2D eigenvalue weighted by Crippen LogP contribution is -2.16. The predicted molar refractivity (Wildman–Crippen MR) is 107 cm³/mol. The first-order valence-electron chi connectivity index (χ1n) is 8.75. The summed E-state index contributed by atoms with van der Waals surface area (Å²) in [5, 5.41) is 31.6. The van der Waals surface area contributed by atoms with Crippen LogP contribution in [0.5, 0.6) is 17.2 Å². The van der Waals surface area contributed by atoms with Crippen molar-refractivity contribution in [2.75, 3.05) is 0 Å². The second-order valence-corrected chi connectivity index (χ2v) is 7.97. The second kappa shape index (κ2) is 5.81. The van der Waals surface area contributed by atoms with Gasteiger partial charge >= 0.3 is 0 Å². The van der Waals surface area contributed by atoms with E-state index >= 15 is 0 Å². The topological polar surface area (TPSA) is 90.7 Å². The van der Waals surface area contributed by atoms with Crippen molar-refractivity contribution in [2.45, 2.75) is 13.3 Å². The Kier molecular flexibility index (Phi) is 3.48. The molecule has 0 saturated heterocycles. The van der Waals surface area contributed by atoms with Crippen molar-refractivity contribution in [3.05, 3.63) is 70.3 Å². The number of fused-ring (bicyclic) bond motifs is 3. The van der Waals surface area contributed by atoms with Gasteiger partial charge in [0.1, 0.15) is 22.3 Å². The average Bonchev–Trinajstić information content (AvgIpc) is 3.03. The molecule has 3 N–H and O–H groups in total. The number of aromatic nitrogens is 1. The number of thiazole rings is 1. The number of carbonyl (C=O) groups is 1. The molecule has 4 aromatic rings. The van der Waals surface area contributed by atoms with Crippen LogP contribution in [0.3, 0.4) is 0 Å². The molecule has 6 heteroatoms. The summed E-state index contributed by atoms with van der Waals surface area (Å²) in [5.74, 6) is -0.947. The number of ketones is 1. The van der Waals surface area contributed by atoms with Crippen molar-refractivity contribution in [3.8, 4) is 27.8 Å². The first-order valence-corrected chi connectivity index (χ1v) is 9.56. The Hall–Kier alpha value is -3.38. The van der Waals surface area contributed by atoms with E-state index in [1.807, 2.05) is 37.3 Å². The number of carbonyl (C=O) groups excluding carboxylic acids is 1. The van der Waals surface area contributed by atoms with Crippen LogP contribution in [0.4, 0.5) is 0 Å². The number of hydrogen-bond acceptors (Lipinski definition) is 6. The maximum absolute atomic E-state index is 13.1. The van der Waals surface area contributed by atoms with Gasteiger partial charge in [-0.05, 0) is 48.2 Å². The summed E-state index contributed by atoms with van der Waals surface area (Å²) >= 11 is 1.46. The Morgan fingerprint density at radius 3 is 2.50 bits per heavy atom. The maximum atomic E-state index is 13.1. The number of hydrogen-bond donors (Lipinski definition) is 3. The molecule has 1 aliphatic rings. The number of aryl methyl sites for hydroxylation is 1. The van der Waals surface area contributed by atoms with Gasteiger partial charge in [0, 0.05) is 6.07 Å². The number of phenols is 3. The zero-order valence-electron chi connectivity index (χ0n) is 14.9. The van der Waals surface area contributed by atoms with Crippen molar-refractivity contribution in [3.63, 3.8) is 0 Å². The van der Waals surface area contributed by atoms with Gasteiger partial charge in [-0.2, -0.15) is 0 Å². The highest BCUT2D eigenvalue weighted by Gasteiger charge is 2.32. The summed E-state index contributed by atoms with van der Waals surface area (Å²) in [6, 6.07) is 12.2. The van der Waals surface area contributed by atoms with Crippen molar-refractivity contribution in [1.29, 1.82) is 0 Å². The van der Waals surface area contributed by atoms with E-state index in [4.69, 9.17) is 0 Å². The molecule has 0 bridgehead atoms. The summed E-state index contributed by atoms with van der Waals surface area (Å²) in [6.45, 7) is 1.88. The van der Waals surface area contributed by atoms with Gasteiger partial charge in [0.25, 0.3) is 0 Å². The van der Waals surface area contributed by atoms with Crippen molar-refractivity contribution in [1.82, 2.24) is 4.98 Å². The third kappa shape index (κ3) is 2.31. The molecule has 0 atom stereocenters. The summed E-state index contributed by atoms with van der Waals surface area (Å²) in [7, 11) is 0. The number of rotatable bonds is 1. The van der Waals surface area contributed by atoms with Crippen LogP contribution < -0.4 is 0 Å². The number of nitrogens with zero attached hydrogens (tertiary/aromatic N) is 1. The SMILES string of the molecule is Cc1cc2c(c(O)c1-c1nc3ccccc3s1)C(=O)c1c(O)cc(O)cc1C2. The van der Waals surface area contributed by atoms with Gasteiger partial charge in [-0.25, -0.2) is 4.98 Å². The maximum Gasteiger partial charge on any atom is 0.201 e. The van der Waals surface area contributed by atoms with Crippen molar-refractivity contribution >= 4 is 27.3 Å². The largest absolute Gasteiger partial charge is 0.508 e. The monoisotopic (exact) mass is 389 g/mol. The fraction of sp³-hybridized carbons (Fsp3) is 0.0909. The molecule has 0 aliphatic heterocycles. The number of benzene rings is 3. The molecular weight excluding hydrogens is 374 g/mol. The third-order valence-electron chi connectivity index (χ3n) is 5.11.